The Hall–Kier alpha value is -14.5. The Morgan fingerprint density at radius 1 is 0.241 bits per heavy atom. The highest BCUT2D eigenvalue weighted by Crippen LogP contribution is 2.60. The van der Waals surface area contributed by atoms with Gasteiger partial charge >= 0.3 is 0 Å². The number of ether oxygens (including phenoxy) is 4. The molecule has 2 aliphatic carbocycles. The van der Waals surface area contributed by atoms with Crippen LogP contribution in [0.2, 0.25) is 0 Å². The maximum absolute atomic E-state index is 6.53. The van der Waals surface area contributed by atoms with Crippen molar-refractivity contribution in [3.8, 4) is 56.4 Å². The minimum absolute atomic E-state index is 0.440. The standard InChI is InChI=1S/C110H86N2O4/c1-5-77-27-35-81(36-28-77)73-113-97-61-47-87(48-62-97)109(88-49-63-98(64-50-88)114-74-82-37-29-78(6-2)30-38-82)105-25-17-15-23-101(105)103-69-59-95(71-107(103)109)111(91-19-11-9-12-20-91)93-55-43-85(44-56-93)86-45-57-94(58-46-86)112(92-21-13-10-14-22-92)96-60-70-104-102-24-16-18-26-106(102)110(108(104)72-96,89-51-65-99(66-52-89)115-75-83-39-31-79(7-3)32-40-83)90-53-67-100(68-54-90)116-76-84-41-33-80(8-4)34-42-84/h5-7,9-72H,1-3,8,73-76H2,4H3. The quantitative estimate of drug-likeness (QED) is 0.0511. The minimum Gasteiger partial charge on any atom is -0.489 e. The molecule has 16 aromatic rings. The molecule has 0 fully saturated rings. The summed E-state index contributed by atoms with van der Waals surface area (Å²) in [6.45, 7) is 15.8. The van der Waals surface area contributed by atoms with Gasteiger partial charge in [0.25, 0.3) is 0 Å². The molecular weight excluding hydrogens is 1410 g/mol. The van der Waals surface area contributed by atoms with Gasteiger partial charge in [-0.05, 0) is 250 Å². The molecule has 6 heteroatoms. The molecule has 0 bridgehead atoms. The lowest BCUT2D eigenvalue weighted by Crippen LogP contribution is -2.28. The van der Waals surface area contributed by atoms with Crippen molar-refractivity contribution in [2.24, 2.45) is 0 Å². The number of aryl methyl sites for hydroxylation is 1. The summed E-state index contributed by atoms with van der Waals surface area (Å²) >= 11 is 0. The van der Waals surface area contributed by atoms with E-state index in [1.54, 1.807) is 0 Å². The van der Waals surface area contributed by atoms with Crippen LogP contribution in [0.4, 0.5) is 34.1 Å². The fourth-order valence-corrected chi connectivity index (χ4v) is 17.0. The van der Waals surface area contributed by atoms with Crippen molar-refractivity contribution in [1.29, 1.82) is 0 Å². The molecule has 2 aliphatic rings. The molecule has 18 rings (SSSR count). The van der Waals surface area contributed by atoms with Crippen molar-refractivity contribution >= 4 is 52.4 Å². The first kappa shape index (κ1) is 73.0. The first-order valence-corrected chi connectivity index (χ1v) is 39.8. The van der Waals surface area contributed by atoms with Crippen LogP contribution in [0.1, 0.15) is 95.9 Å². The number of anilines is 6. The smallest absolute Gasteiger partial charge is 0.119 e. The predicted octanol–water partition coefficient (Wildman–Crippen LogP) is 27.8. The van der Waals surface area contributed by atoms with Crippen molar-refractivity contribution < 1.29 is 18.9 Å². The van der Waals surface area contributed by atoms with Gasteiger partial charge in [-0.1, -0.05) is 312 Å². The molecule has 0 amide bonds. The molecule has 16 aromatic carbocycles. The van der Waals surface area contributed by atoms with Gasteiger partial charge in [-0.3, -0.25) is 0 Å². The van der Waals surface area contributed by atoms with Crippen LogP contribution in [-0.4, -0.2) is 0 Å². The maximum Gasteiger partial charge on any atom is 0.119 e. The average Bonchev–Trinajstić information content (AvgIpc) is 1.54. The van der Waals surface area contributed by atoms with Crippen molar-refractivity contribution in [2.45, 2.75) is 50.6 Å². The fourth-order valence-electron chi connectivity index (χ4n) is 17.0. The zero-order chi connectivity index (χ0) is 78.4. The third kappa shape index (κ3) is 14.1. The number of benzene rings is 16. The van der Waals surface area contributed by atoms with E-state index in [2.05, 4.69) is 425 Å². The first-order chi connectivity index (χ1) is 57.2. The molecule has 1 unspecified atom stereocenters. The van der Waals surface area contributed by atoms with E-state index in [1.807, 2.05) is 18.2 Å². The first-order valence-electron chi connectivity index (χ1n) is 39.8. The van der Waals surface area contributed by atoms with E-state index in [1.165, 1.54) is 50.1 Å². The Kier molecular flexibility index (Phi) is 20.4. The lowest BCUT2D eigenvalue weighted by molar-refractivity contribution is 0.306. The largest absolute Gasteiger partial charge is 0.489 e. The van der Waals surface area contributed by atoms with E-state index in [-0.39, 0.29) is 0 Å². The molecule has 116 heavy (non-hydrogen) atoms. The highest BCUT2D eigenvalue weighted by Gasteiger charge is 2.48. The van der Waals surface area contributed by atoms with Crippen molar-refractivity contribution in [2.75, 3.05) is 9.80 Å². The summed E-state index contributed by atoms with van der Waals surface area (Å²) in [4.78, 5) is 4.77. The second-order valence-electron chi connectivity index (χ2n) is 29.7. The molecular formula is C110H86N2O4. The lowest BCUT2D eigenvalue weighted by Gasteiger charge is -2.35. The fraction of sp³-hybridized carbons (Fsp3) is 0.0727. The maximum atomic E-state index is 6.53. The molecule has 0 saturated heterocycles. The summed E-state index contributed by atoms with van der Waals surface area (Å²) in [5.74, 6) is 3.18. The van der Waals surface area contributed by atoms with Crippen LogP contribution in [0.3, 0.4) is 0 Å². The van der Waals surface area contributed by atoms with Crippen LogP contribution in [0.25, 0.3) is 51.6 Å². The lowest BCUT2D eigenvalue weighted by atomic mass is 9.67. The number of nitrogens with zero attached hydrogens (tertiary/aromatic N) is 2. The molecule has 0 saturated carbocycles. The predicted molar refractivity (Wildman–Crippen MR) is 479 cm³/mol. The second kappa shape index (κ2) is 32.3. The van der Waals surface area contributed by atoms with Gasteiger partial charge in [0.15, 0.2) is 0 Å². The van der Waals surface area contributed by atoms with Crippen LogP contribution >= 0.6 is 0 Å². The highest BCUT2D eigenvalue weighted by molar-refractivity contribution is 5.92. The van der Waals surface area contributed by atoms with Gasteiger partial charge < -0.3 is 28.7 Å². The van der Waals surface area contributed by atoms with Crippen LogP contribution in [0.5, 0.6) is 23.0 Å². The number of para-hydroxylation sites is 2. The average molecular weight is 1500 g/mol. The van der Waals surface area contributed by atoms with Gasteiger partial charge in [-0.2, -0.15) is 0 Å². The Morgan fingerprint density at radius 2 is 0.500 bits per heavy atom. The molecule has 0 radical (unpaired) electrons. The summed E-state index contributed by atoms with van der Waals surface area (Å²) in [5, 5.41) is 0. The molecule has 560 valence electrons. The van der Waals surface area contributed by atoms with Gasteiger partial charge in [-0.25, -0.2) is 0 Å². The van der Waals surface area contributed by atoms with E-state index in [0.29, 0.717) is 26.4 Å². The Morgan fingerprint density at radius 3 is 0.802 bits per heavy atom. The van der Waals surface area contributed by atoms with Crippen molar-refractivity contribution in [1.82, 2.24) is 0 Å². The van der Waals surface area contributed by atoms with E-state index in [4.69, 9.17) is 18.9 Å². The van der Waals surface area contributed by atoms with Gasteiger partial charge in [0, 0.05) is 34.1 Å². The van der Waals surface area contributed by atoms with Crippen molar-refractivity contribution in [3.63, 3.8) is 0 Å². The minimum atomic E-state index is -0.749. The normalized spacial score (nSPS) is 13.2. The van der Waals surface area contributed by atoms with Gasteiger partial charge in [-0.15, -0.1) is 0 Å². The SMILES string of the molecule is C=Cc1ccc(COc2ccc(C3(c4ccc(OCc5ccc(C=C)cc5)cc4)c4ccccc4-c4ccc(N(c5ccccc5)c5ccc(-c6ccc(N(c7ccccc7)c7ccc8c(c7)C(c7ccc(OCc9ccc(C=C)cc9)cc7)(c7ccc(OCc9ccc(CC)cc9)cc7)c7ccccc7-8)cc6)cc5)cc43)cc2)cc1. The molecule has 1 atom stereocenters. The Labute approximate surface area is 680 Å². The topological polar surface area (TPSA) is 43.4 Å². The second-order valence-corrected chi connectivity index (χ2v) is 29.7. The molecule has 0 heterocycles. The molecule has 6 nitrogen and oxygen atoms in total. The van der Waals surface area contributed by atoms with Gasteiger partial charge in [0.05, 0.1) is 10.8 Å². The van der Waals surface area contributed by atoms with Crippen LogP contribution in [0, 0.1) is 0 Å². The molecule has 0 aromatic heterocycles. The van der Waals surface area contributed by atoms with E-state index < -0.39 is 10.8 Å². The summed E-state index contributed by atoms with van der Waals surface area (Å²) in [5.41, 5.74) is 29.8. The summed E-state index contributed by atoms with van der Waals surface area (Å²) in [6.07, 6.45) is 6.58. The summed E-state index contributed by atoms with van der Waals surface area (Å²) in [6, 6.07) is 140. The number of fused-ring (bicyclic) bond motifs is 6. The number of hydrogen-bond donors (Lipinski definition) is 0. The zero-order valence-corrected chi connectivity index (χ0v) is 64.9. The van der Waals surface area contributed by atoms with Crippen molar-refractivity contribution in [3.05, 3.63) is 497 Å². The molecule has 0 spiro atoms. The third-order valence-corrected chi connectivity index (χ3v) is 23.0. The van der Waals surface area contributed by atoms with E-state index in [0.717, 1.165) is 136 Å². The van der Waals surface area contributed by atoms with Crippen LogP contribution < -0.4 is 28.7 Å². The summed E-state index contributed by atoms with van der Waals surface area (Å²) < 4.78 is 26.1. The van der Waals surface area contributed by atoms with Crippen LogP contribution in [0.15, 0.2) is 408 Å². The Balaban J connectivity index is 0.686. The number of rotatable bonds is 27. The summed E-state index contributed by atoms with van der Waals surface area (Å²) in [7, 11) is 0. The van der Waals surface area contributed by atoms with Crippen LogP contribution in [-0.2, 0) is 43.7 Å². The van der Waals surface area contributed by atoms with Gasteiger partial charge in [0.1, 0.15) is 49.4 Å². The molecule has 0 aliphatic heterocycles. The monoisotopic (exact) mass is 1500 g/mol. The Bertz CT molecular complexity index is 6050. The highest BCUT2D eigenvalue weighted by atomic mass is 16.5. The zero-order valence-electron chi connectivity index (χ0n) is 64.9. The van der Waals surface area contributed by atoms with E-state index in [9.17, 15) is 0 Å². The molecule has 0 N–H and O–H groups in total. The third-order valence-electron chi connectivity index (χ3n) is 23.0. The van der Waals surface area contributed by atoms with E-state index >= 15 is 0 Å². The number of hydrogen-bond acceptors (Lipinski definition) is 6. The van der Waals surface area contributed by atoms with Gasteiger partial charge in [0.2, 0.25) is 0 Å².